The number of hydrogen-bond acceptors (Lipinski definition) is 3. The Balaban J connectivity index is 1.64. The van der Waals surface area contributed by atoms with Gasteiger partial charge in [0.1, 0.15) is 0 Å². The van der Waals surface area contributed by atoms with Gasteiger partial charge < -0.3 is 15.7 Å². The maximum atomic E-state index is 12.0. The monoisotopic (exact) mass is 260 g/mol. The average molecular weight is 260 g/mol. The molecule has 3 N–H and O–H groups in total. The molecular formula is C15H20N2O2. The maximum absolute atomic E-state index is 12.0. The second-order valence-corrected chi connectivity index (χ2v) is 5.51. The maximum Gasteiger partial charge on any atom is 0.222 e. The predicted molar refractivity (Wildman–Crippen MR) is 72.7 cm³/mol. The summed E-state index contributed by atoms with van der Waals surface area (Å²) < 4.78 is 0. The fourth-order valence-corrected chi connectivity index (χ4v) is 3.13. The minimum Gasteiger partial charge on any atom is -0.390 e. The molecule has 1 aliphatic carbocycles. The lowest BCUT2D eigenvalue weighted by Crippen LogP contribution is -2.37. The molecule has 1 aromatic rings. The number of fused-ring (bicyclic) bond motifs is 1. The van der Waals surface area contributed by atoms with Gasteiger partial charge in [-0.2, -0.15) is 0 Å². The number of hydrogen-bond donors (Lipinski definition) is 3. The van der Waals surface area contributed by atoms with Crippen LogP contribution in [0, 0.1) is 0 Å². The minimum absolute atomic E-state index is 0.0279. The Labute approximate surface area is 113 Å². The Morgan fingerprint density at radius 2 is 2.26 bits per heavy atom. The second-order valence-electron chi connectivity index (χ2n) is 5.51. The van der Waals surface area contributed by atoms with Crippen molar-refractivity contribution in [1.82, 2.24) is 10.6 Å². The van der Waals surface area contributed by atoms with Gasteiger partial charge >= 0.3 is 0 Å². The van der Waals surface area contributed by atoms with E-state index in [9.17, 15) is 9.90 Å². The van der Waals surface area contributed by atoms with Crippen LogP contribution in [0.3, 0.4) is 0 Å². The second kappa shape index (κ2) is 5.31. The summed E-state index contributed by atoms with van der Waals surface area (Å²) in [6.07, 6.45) is 2.84. The van der Waals surface area contributed by atoms with E-state index in [1.807, 2.05) is 24.3 Å². The summed E-state index contributed by atoms with van der Waals surface area (Å²) in [6, 6.07) is 7.99. The van der Waals surface area contributed by atoms with Crippen LogP contribution in [0.5, 0.6) is 0 Å². The molecule has 1 heterocycles. The third-order valence-corrected chi connectivity index (χ3v) is 4.11. The predicted octanol–water partition coefficient (Wildman–Crippen LogP) is 0.903. The number of benzene rings is 1. The van der Waals surface area contributed by atoms with Gasteiger partial charge in [0, 0.05) is 18.9 Å². The summed E-state index contributed by atoms with van der Waals surface area (Å²) in [5.74, 6) is 0.0279. The van der Waals surface area contributed by atoms with Gasteiger partial charge in [0.2, 0.25) is 5.91 Å². The van der Waals surface area contributed by atoms with Gasteiger partial charge in [0.15, 0.2) is 0 Å². The number of amides is 1. The number of carbonyl (C=O) groups is 1. The summed E-state index contributed by atoms with van der Waals surface area (Å²) in [5.41, 5.74) is 2.20. The van der Waals surface area contributed by atoms with Crippen molar-refractivity contribution in [2.45, 2.75) is 43.9 Å². The SMILES string of the molecule is O=C(CC1CCCN1)N[C@H]1c2ccccc2C[C@H]1O. The highest BCUT2D eigenvalue weighted by Crippen LogP contribution is 2.31. The lowest BCUT2D eigenvalue weighted by molar-refractivity contribution is -0.123. The van der Waals surface area contributed by atoms with Crippen LogP contribution in [0.4, 0.5) is 0 Å². The first kappa shape index (κ1) is 12.6. The number of aliphatic hydroxyl groups is 1. The third-order valence-electron chi connectivity index (χ3n) is 4.11. The van der Waals surface area contributed by atoms with Gasteiger partial charge in [0.05, 0.1) is 12.1 Å². The third kappa shape index (κ3) is 2.65. The quantitative estimate of drug-likeness (QED) is 0.757. The van der Waals surface area contributed by atoms with Crippen LogP contribution in [0.1, 0.15) is 36.4 Å². The highest BCUT2D eigenvalue weighted by Gasteiger charge is 2.32. The molecule has 3 atom stereocenters. The molecule has 0 spiro atoms. The van der Waals surface area contributed by atoms with Crippen molar-refractivity contribution < 1.29 is 9.90 Å². The van der Waals surface area contributed by atoms with E-state index < -0.39 is 6.10 Å². The van der Waals surface area contributed by atoms with Crippen LogP contribution in [0.15, 0.2) is 24.3 Å². The first-order valence-corrected chi connectivity index (χ1v) is 7.02. The normalized spacial score (nSPS) is 29.2. The van der Waals surface area contributed by atoms with Crippen molar-refractivity contribution >= 4 is 5.91 Å². The molecular weight excluding hydrogens is 240 g/mol. The van der Waals surface area contributed by atoms with E-state index in [4.69, 9.17) is 0 Å². The van der Waals surface area contributed by atoms with Crippen LogP contribution < -0.4 is 10.6 Å². The van der Waals surface area contributed by atoms with Gasteiger partial charge in [0.25, 0.3) is 0 Å². The molecule has 2 aliphatic rings. The lowest BCUT2D eigenvalue weighted by Gasteiger charge is -2.19. The van der Waals surface area contributed by atoms with Gasteiger partial charge in [-0.3, -0.25) is 4.79 Å². The minimum atomic E-state index is -0.502. The molecule has 3 rings (SSSR count). The van der Waals surface area contributed by atoms with Crippen molar-refractivity contribution in [3.05, 3.63) is 35.4 Å². The molecule has 1 saturated heterocycles. The average Bonchev–Trinajstić information content (AvgIpc) is 2.99. The summed E-state index contributed by atoms with van der Waals surface area (Å²) in [6.45, 7) is 1.01. The number of carbonyl (C=O) groups excluding carboxylic acids is 1. The molecule has 1 aliphatic heterocycles. The van der Waals surface area contributed by atoms with Gasteiger partial charge in [-0.15, -0.1) is 0 Å². The van der Waals surface area contributed by atoms with Crippen LogP contribution in [0.2, 0.25) is 0 Å². The van der Waals surface area contributed by atoms with Crippen molar-refractivity contribution in [2.24, 2.45) is 0 Å². The Hall–Kier alpha value is -1.39. The zero-order valence-corrected chi connectivity index (χ0v) is 10.9. The summed E-state index contributed by atoms with van der Waals surface area (Å²) >= 11 is 0. The highest BCUT2D eigenvalue weighted by atomic mass is 16.3. The molecule has 0 aromatic heterocycles. The van der Waals surface area contributed by atoms with Gasteiger partial charge in [-0.05, 0) is 30.5 Å². The molecule has 1 aromatic carbocycles. The van der Waals surface area contributed by atoms with E-state index in [1.54, 1.807) is 0 Å². The number of aliphatic hydroxyl groups excluding tert-OH is 1. The van der Waals surface area contributed by atoms with E-state index in [-0.39, 0.29) is 11.9 Å². The Kier molecular flexibility index (Phi) is 3.53. The first-order valence-electron chi connectivity index (χ1n) is 7.02. The van der Waals surface area contributed by atoms with Gasteiger partial charge in [-0.1, -0.05) is 24.3 Å². The van der Waals surface area contributed by atoms with Crippen LogP contribution >= 0.6 is 0 Å². The molecule has 102 valence electrons. The Morgan fingerprint density at radius 3 is 3.05 bits per heavy atom. The molecule has 1 unspecified atom stereocenters. The van der Waals surface area contributed by atoms with Crippen molar-refractivity contribution in [3.63, 3.8) is 0 Å². The molecule has 1 amide bonds. The number of rotatable bonds is 3. The van der Waals surface area contributed by atoms with Crippen LogP contribution in [-0.2, 0) is 11.2 Å². The van der Waals surface area contributed by atoms with E-state index in [1.165, 1.54) is 0 Å². The zero-order valence-electron chi connectivity index (χ0n) is 10.9. The molecule has 0 bridgehead atoms. The van der Waals surface area contributed by atoms with Crippen LogP contribution in [-0.4, -0.2) is 29.7 Å². The van der Waals surface area contributed by atoms with E-state index in [0.717, 1.165) is 30.5 Å². The Bertz CT molecular complexity index is 469. The zero-order chi connectivity index (χ0) is 13.2. The van der Waals surface area contributed by atoms with Crippen molar-refractivity contribution in [3.8, 4) is 0 Å². The van der Waals surface area contributed by atoms with E-state index in [2.05, 4.69) is 10.6 Å². The van der Waals surface area contributed by atoms with E-state index >= 15 is 0 Å². The first-order chi connectivity index (χ1) is 9.24. The summed E-state index contributed by atoms with van der Waals surface area (Å²) in [4.78, 5) is 12.0. The lowest BCUT2D eigenvalue weighted by atomic mass is 10.1. The molecule has 19 heavy (non-hydrogen) atoms. The molecule has 1 fully saturated rings. The summed E-state index contributed by atoms with van der Waals surface area (Å²) in [7, 11) is 0. The fraction of sp³-hybridized carbons (Fsp3) is 0.533. The number of nitrogens with one attached hydrogen (secondary N) is 2. The Morgan fingerprint density at radius 1 is 1.42 bits per heavy atom. The highest BCUT2D eigenvalue weighted by molar-refractivity contribution is 5.77. The standard InChI is InChI=1S/C15H20N2O2/c18-13-8-10-4-1-2-6-12(10)15(13)17-14(19)9-11-5-3-7-16-11/h1-2,4,6,11,13,15-16,18H,3,5,7-9H2,(H,17,19)/t11?,13-,15+/m1/s1. The largest absolute Gasteiger partial charge is 0.390 e. The smallest absolute Gasteiger partial charge is 0.222 e. The topological polar surface area (TPSA) is 61.4 Å². The van der Waals surface area contributed by atoms with Crippen molar-refractivity contribution in [1.29, 1.82) is 0 Å². The van der Waals surface area contributed by atoms with Crippen molar-refractivity contribution in [2.75, 3.05) is 6.54 Å². The summed E-state index contributed by atoms with van der Waals surface area (Å²) in [5, 5.41) is 16.4. The molecule has 4 nitrogen and oxygen atoms in total. The molecule has 0 radical (unpaired) electrons. The fourth-order valence-electron chi connectivity index (χ4n) is 3.13. The molecule has 0 saturated carbocycles. The van der Waals surface area contributed by atoms with Crippen LogP contribution in [0.25, 0.3) is 0 Å². The van der Waals surface area contributed by atoms with Gasteiger partial charge in [-0.25, -0.2) is 0 Å². The molecule has 4 heteroatoms. The van der Waals surface area contributed by atoms with E-state index in [0.29, 0.717) is 18.9 Å².